The van der Waals surface area contributed by atoms with Gasteiger partial charge in [-0.2, -0.15) is 0 Å². The molecule has 1 saturated carbocycles. The molecule has 2 rings (SSSR count). The SMILES string of the molecule is CC(=O)NC(C(=O)N1CCN(C(=O)OC(C)(C)C)CC1)C1CCCC1. The van der Waals surface area contributed by atoms with Crippen LogP contribution >= 0.6 is 0 Å². The fraction of sp³-hybridized carbons (Fsp3) is 0.833. The van der Waals surface area contributed by atoms with E-state index in [1.54, 1.807) is 9.80 Å². The summed E-state index contributed by atoms with van der Waals surface area (Å²) in [6.45, 7) is 8.83. The van der Waals surface area contributed by atoms with E-state index < -0.39 is 11.6 Å². The zero-order valence-electron chi connectivity index (χ0n) is 15.8. The van der Waals surface area contributed by atoms with Gasteiger partial charge in [0.15, 0.2) is 0 Å². The lowest BCUT2D eigenvalue weighted by atomic mass is 9.96. The van der Waals surface area contributed by atoms with Crippen molar-refractivity contribution in [3.05, 3.63) is 0 Å². The number of rotatable bonds is 3. The lowest BCUT2D eigenvalue weighted by molar-refractivity contribution is -0.139. The average Bonchev–Trinajstić information content (AvgIpc) is 3.04. The third kappa shape index (κ3) is 5.61. The first kappa shape index (κ1) is 19.5. The maximum absolute atomic E-state index is 12.9. The lowest BCUT2D eigenvalue weighted by Gasteiger charge is -2.38. The monoisotopic (exact) mass is 353 g/mol. The van der Waals surface area contributed by atoms with Gasteiger partial charge in [-0.05, 0) is 39.5 Å². The normalized spacial score (nSPS) is 20.3. The van der Waals surface area contributed by atoms with Gasteiger partial charge >= 0.3 is 6.09 Å². The Morgan fingerprint density at radius 1 is 1.00 bits per heavy atom. The van der Waals surface area contributed by atoms with Crippen LogP contribution in [0, 0.1) is 5.92 Å². The van der Waals surface area contributed by atoms with Crippen molar-refractivity contribution in [1.82, 2.24) is 15.1 Å². The highest BCUT2D eigenvalue weighted by Crippen LogP contribution is 2.29. The van der Waals surface area contributed by atoms with Gasteiger partial charge in [-0.3, -0.25) is 9.59 Å². The molecule has 0 aromatic heterocycles. The Kier molecular flexibility index (Phi) is 6.30. The largest absolute Gasteiger partial charge is 0.444 e. The molecule has 1 unspecified atom stereocenters. The Bertz CT molecular complexity index is 501. The predicted octanol–water partition coefficient (Wildman–Crippen LogP) is 1.76. The Hall–Kier alpha value is -1.79. The van der Waals surface area contributed by atoms with Gasteiger partial charge in [-0.15, -0.1) is 0 Å². The molecular formula is C18H31N3O4. The number of piperazine rings is 1. The van der Waals surface area contributed by atoms with E-state index in [0.717, 1.165) is 25.7 Å². The molecule has 7 nitrogen and oxygen atoms in total. The zero-order valence-corrected chi connectivity index (χ0v) is 15.8. The standard InChI is InChI=1S/C18H31N3O4/c1-13(22)19-15(14-7-5-6-8-14)16(23)20-9-11-21(12-10-20)17(24)25-18(2,3)4/h14-15H,5-12H2,1-4H3,(H,19,22). The van der Waals surface area contributed by atoms with E-state index in [-0.39, 0.29) is 23.8 Å². The fourth-order valence-corrected chi connectivity index (χ4v) is 3.52. The van der Waals surface area contributed by atoms with Gasteiger partial charge in [-0.25, -0.2) is 4.79 Å². The summed E-state index contributed by atoms with van der Waals surface area (Å²) in [6, 6.07) is -0.437. The number of nitrogens with one attached hydrogen (secondary N) is 1. The van der Waals surface area contributed by atoms with Crippen molar-refractivity contribution in [3.63, 3.8) is 0 Å². The average molecular weight is 353 g/mol. The number of carbonyl (C=O) groups is 3. The molecule has 1 atom stereocenters. The van der Waals surface area contributed by atoms with Crippen LogP contribution in [0.3, 0.4) is 0 Å². The third-order valence-corrected chi connectivity index (χ3v) is 4.74. The van der Waals surface area contributed by atoms with Crippen molar-refractivity contribution in [2.45, 2.75) is 65.0 Å². The minimum atomic E-state index is -0.525. The molecule has 0 spiro atoms. The molecule has 2 fully saturated rings. The molecule has 1 N–H and O–H groups in total. The summed E-state index contributed by atoms with van der Waals surface area (Å²) in [5, 5.41) is 2.85. The van der Waals surface area contributed by atoms with Crippen LogP contribution in [0.15, 0.2) is 0 Å². The van der Waals surface area contributed by atoms with E-state index in [9.17, 15) is 14.4 Å². The van der Waals surface area contributed by atoms with Gasteiger partial charge in [-0.1, -0.05) is 12.8 Å². The summed E-state index contributed by atoms with van der Waals surface area (Å²) < 4.78 is 5.38. The first-order valence-electron chi connectivity index (χ1n) is 9.21. The van der Waals surface area contributed by atoms with Gasteiger partial charge < -0.3 is 19.9 Å². The summed E-state index contributed by atoms with van der Waals surface area (Å²) in [4.78, 5) is 39.9. The second-order valence-electron chi connectivity index (χ2n) is 8.02. The molecule has 1 aliphatic carbocycles. The smallest absolute Gasteiger partial charge is 0.410 e. The van der Waals surface area contributed by atoms with E-state index in [0.29, 0.717) is 26.2 Å². The molecule has 3 amide bonds. The van der Waals surface area contributed by atoms with E-state index in [1.165, 1.54) is 6.92 Å². The molecule has 2 aliphatic rings. The second-order valence-corrected chi connectivity index (χ2v) is 8.02. The predicted molar refractivity (Wildman–Crippen MR) is 93.9 cm³/mol. The first-order valence-corrected chi connectivity index (χ1v) is 9.21. The number of hydrogen-bond donors (Lipinski definition) is 1. The van der Waals surface area contributed by atoms with Crippen LogP contribution < -0.4 is 5.32 Å². The lowest BCUT2D eigenvalue weighted by Crippen LogP contribution is -2.57. The van der Waals surface area contributed by atoms with Crippen molar-refractivity contribution in [2.24, 2.45) is 5.92 Å². The summed E-state index contributed by atoms with van der Waals surface area (Å²) >= 11 is 0. The number of hydrogen-bond acceptors (Lipinski definition) is 4. The van der Waals surface area contributed by atoms with Crippen LogP contribution in [0.5, 0.6) is 0 Å². The van der Waals surface area contributed by atoms with Crippen molar-refractivity contribution in [2.75, 3.05) is 26.2 Å². The molecule has 0 aromatic carbocycles. The highest BCUT2D eigenvalue weighted by atomic mass is 16.6. The van der Waals surface area contributed by atoms with Crippen LogP contribution in [0.25, 0.3) is 0 Å². The molecular weight excluding hydrogens is 322 g/mol. The highest BCUT2D eigenvalue weighted by molar-refractivity contribution is 5.87. The van der Waals surface area contributed by atoms with E-state index in [1.807, 2.05) is 20.8 Å². The summed E-state index contributed by atoms with van der Waals surface area (Å²) in [7, 11) is 0. The van der Waals surface area contributed by atoms with Gasteiger partial charge in [0.25, 0.3) is 0 Å². The summed E-state index contributed by atoms with van der Waals surface area (Å²) in [5.41, 5.74) is -0.525. The molecule has 7 heteroatoms. The first-order chi connectivity index (χ1) is 11.7. The van der Waals surface area contributed by atoms with Gasteiger partial charge in [0.1, 0.15) is 11.6 Å². The quantitative estimate of drug-likeness (QED) is 0.838. The molecule has 1 aliphatic heterocycles. The van der Waals surface area contributed by atoms with Crippen molar-refractivity contribution >= 4 is 17.9 Å². The Morgan fingerprint density at radius 2 is 1.52 bits per heavy atom. The number of ether oxygens (including phenoxy) is 1. The fourth-order valence-electron chi connectivity index (χ4n) is 3.52. The topological polar surface area (TPSA) is 79.0 Å². The molecule has 0 radical (unpaired) electrons. The van der Waals surface area contributed by atoms with Crippen molar-refractivity contribution < 1.29 is 19.1 Å². The molecule has 1 heterocycles. The van der Waals surface area contributed by atoms with Crippen LogP contribution in [0.4, 0.5) is 4.79 Å². The molecule has 0 bridgehead atoms. The van der Waals surface area contributed by atoms with Crippen LogP contribution in [-0.4, -0.2) is 65.5 Å². The van der Waals surface area contributed by atoms with Crippen LogP contribution in [-0.2, 0) is 14.3 Å². The zero-order chi connectivity index (χ0) is 18.6. The molecule has 0 aromatic rings. The minimum absolute atomic E-state index is 0.0223. The summed E-state index contributed by atoms with van der Waals surface area (Å²) in [6.07, 6.45) is 3.85. The minimum Gasteiger partial charge on any atom is -0.444 e. The number of carbonyl (C=O) groups excluding carboxylic acids is 3. The second kappa shape index (κ2) is 8.06. The van der Waals surface area contributed by atoms with Crippen LogP contribution in [0.1, 0.15) is 53.4 Å². The Balaban J connectivity index is 1.92. The van der Waals surface area contributed by atoms with Gasteiger partial charge in [0.2, 0.25) is 11.8 Å². The molecule has 142 valence electrons. The highest BCUT2D eigenvalue weighted by Gasteiger charge is 2.36. The molecule has 25 heavy (non-hydrogen) atoms. The van der Waals surface area contributed by atoms with Gasteiger partial charge in [0.05, 0.1) is 0 Å². The Labute approximate surface area is 150 Å². The summed E-state index contributed by atoms with van der Waals surface area (Å²) in [5.74, 6) is 0.0314. The van der Waals surface area contributed by atoms with Crippen LogP contribution in [0.2, 0.25) is 0 Å². The molecule has 1 saturated heterocycles. The van der Waals surface area contributed by atoms with Gasteiger partial charge in [0, 0.05) is 33.1 Å². The van der Waals surface area contributed by atoms with Crippen molar-refractivity contribution in [1.29, 1.82) is 0 Å². The maximum Gasteiger partial charge on any atom is 0.410 e. The number of nitrogens with zero attached hydrogens (tertiary/aromatic N) is 2. The third-order valence-electron chi connectivity index (χ3n) is 4.74. The number of amides is 3. The van der Waals surface area contributed by atoms with E-state index >= 15 is 0 Å². The maximum atomic E-state index is 12.9. The Morgan fingerprint density at radius 3 is 2.00 bits per heavy atom. The van der Waals surface area contributed by atoms with E-state index in [2.05, 4.69) is 5.32 Å². The van der Waals surface area contributed by atoms with Crippen molar-refractivity contribution in [3.8, 4) is 0 Å². The van der Waals surface area contributed by atoms with E-state index in [4.69, 9.17) is 4.74 Å².